The minimum Gasteiger partial charge on any atom is -0.339 e. The molecule has 1 amide bonds. The van der Waals surface area contributed by atoms with E-state index in [4.69, 9.17) is 0 Å². The topological polar surface area (TPSA) is 30.0 Å². The van der Waals surface area contributed by atoms with Crippen LogP contribution in [0.5, 0.6) is 0 Å². The van der Waals surface area contributed by atoms with Crippen molar-refractivity contribution in [1.82, 2.24) is 19.6 Å². The van der Waals surface area contributed by atoms with Gasteiger partial charge in [0.2, 0.25) is 5.91 Å². The largest absolute Gasteiger partial charge is 0.339 e. The number of piperazine rings is 1. The third kappa shape index (κ3) is 37.3. The zero-order valence-electron chi connectivity index (χ0n) is 42.9. The van der Waals surface area contributed by atoms with Crippen LogP contribution in [0.2, 0.25) is 0 Å². The Balaban J connectivity index is 2.70. The van der Waals surface area contributed by atoms with Crippen LogP contribution in [0.1, 0.15) is 279 Å². The molecule has 5 heteroatoms. The molecule has 1 rings (SSSR count). The zero-order chi connectivity index (χ0) is 44.1. The molecule has 1 fully saturated rings. The Bertz CT molecular complexity index is 839. The molecule has 0 bridgehead atoms. The summed E-state index contributed by atoms with van der Waals surface area (Å²) in [5.41, 5.74) is 0. The van der Waals surface area contributed by atoms with Crippen LogP contribution in [0.25, 0.3) is 0 Å². The maximum atomic E-state index is 14.0. The third-order valence-electron chi connectivity index (χ3n) is 14.3. The standard InChI is InChI=1S/C56H114N4O/c1-6-11-16-21-26-31-36-41-55(42-37-32-27-22-17-12-7-2)43-47-59(46-40-35-30-25-20-15-10-5)54-56(61)60-52-50-58(51-53-60)49-48-57(44-38-33-28-23-18-13-8-3)45-39-34-29-24-19-14-9-4/h55H,6-54H2,1-5H3. The lowest BCUT2D eigenvalue weighted by atomic mass is 9.91. The minimum absolute atomic E-state index is 0.401. The fourth-order valence-corrected chi connectivity index (χ4v) is 9.86. The van der Waals surface area contributed by atoms with Crippen molar-refractivity contribution >= 4 is 5.91 Å². The van der Waals surface area contributed by atoms with E-state index in [1.165, 1.54) is 264 Å². The molecule has 1 aliphatic heterocycles. The number of hydrogen-bond acceptors (Lipinski definition) is 4. The molecule has 0 aromatic rings. The monoisotopic (exact) mass is 859 g/mol. The highest BCUT2D eigenvalue weighted by Gasteiger charge is 2.24. The normalized spacial score (nSPS) is 13.8. The fraction of sp³-hybridized carbons (Fsp3) is 0.982. The summed E-state index contributed by atoms with van der Waals surface area (Å²) in [7, 11) is 0. The molecule has 0 spiro atoms. The van der Waals surface area contributed by atoms with E-state index in [0.717, 1.165) is 51.7 Å². The summed E-state index contributed by atoms with van der Waals surface area (Å²) in [5, 5.41) is 0. The number of amides is 1. The molecule has 0 atom stereocenters. The molecular formula is C56H114N4O. The van der Waals surface area contributed by atoms with Crippen LogP contribution in [-0.2, 0) is 4.79 Å². The van der Waals surface area contributed by atoms with Gasteiger partial charge in [0.1, 0.15) is 0 Å². The van der Waals surface area contributed by atoms with Crippen molar-refractivity contribution in [2.24, 2.45) is 5.92 Å². The molecule has 1 heterocycles. The summed E-state index contributed by atoms with van der Waals surface area (Å²) in [6, 6.07) is 0. The highest BCUT2D eigenvalue weighted by atomic mass is 16.2. The maximum absolute atomic E-state index is 14.0. The van der Waals surface area contributed by atoms with Crippen molar-refractivity contribution in [2.45, 2.75) is 279 Å². The Morgan fingerprint density at radius 2 is 0.689 bits per heavy atom. The smallest absolute Gasteiger partial charge is 0.236 e. The van der Waals surface area contributed by atoms with Gasteiger partial charge in [0.25, 0.3) is 0 Å². The Morgan fingerprint density at radius 3 is 1.07 bits per heavy atom. The van der Waals surface area contributed by atoms with Gasteiger partial charge in [-0.25, -0.2) is 0 Å². The van der Waals surface area contributed by atoms with E-state index in [1.54, 1.807) is 0 Å². The second kappa shape index (κ2) is 45.9. The summed E-state index contributed by atoms with van der Waals surface area (Å²) >= 11 is 0. The summed E-state index contributed by atoms with van der Waals surface area (Å²) in [5.74, 6) is 1.23. The highest BCUT2D eigenvalue weighted by molar-refractivity contribution is 5.78. The average molecular weight is 860 g/mol. The van der Waals surface area contributed by atoms with Crippen molar-refractivity contribution < 1.29 is 4.79 Å². The van der Waals surface area contributed by atoms with Gasteiger partial charge in [0, 0.05) is 39.3 Å². The van der Waals surface area contributed by atoms with E-state index < -0.39 is 0 Å². The number of rotatable bonds is 48. The Morgan fingerprint density at radius 1 is 0.361 bits per heavy atom. The molecule has 0 aromatic carbocycles. The van der Waals surface area contributed by atoms with E-state index in [9.17, 15) is 4.79 Å². The molecule has 5 nitrogen and oxygen atoms in total. The van der Waals surface area contributed by atoms with Crippen molar-refractivity contribution in [3.8, 4) is 0 Å². The van der Waals surface area contributed by atoms with E-state index in [2.05, 4.69) is 54.2 Å². The summed E-state index contributed by atoms with van der Waals surface area (Å²) in [6.07, 6.45) is 52.7. The van der Waals surface area contributed by atoms with Gasteiger partial charge in [-0.1, -0.05) is 253 Å². The summed E-state index contributed by atoms with van der Waals surface area (Å²) in [4.78, 5) is 24.3. The lowest BCUT2D eigenvalue weighted by Gasteiger charge is -2.37. The van der Waals surface area contributed by atoms with Gasteiger partial charge in [-0.3, -0.25) is 14.6 Å². The van der Waals surface area contributed by atoms with E-state index in [0.29, 0.717) is 12.5 Å². The maximum Gasteiger partial charge on any atom is 0.236 e. The molecule has 0 radical (unpaired) electrons. The molecule has 364 valence electrons. The second-order valence-corrected chi connectivity index (χ2v) is 20.2. The van der Waals surface area contributed by atoms with Gasteiger partial charge in [0.15, 0.2) is 0 Å². The first-order valence-electron chi connectivity index (χ1n) is 28.5. The predicted octanol–water partition coefficient (Wildman–Crippen LogP) is 16.3. The first kappa shape index (κ1) is 58.4. The first-order valence-corrected chi connectivity index (χ1v) is 28.5. The van der Waals surface area contributed by atoms with E-state index >= 15 is 0 Å². The van der Waals surface area contributed by atoms with Crippen LogP contribution >= 0.6 is 0 Å². The van der Waals surface area contributed by atoms with Gasteiger partial charge in [0.05, 0.1) is 6.54 Å². The molecule has 0 aromatic heterocycles. The SMILES string of the molecule is CCCCCCCCCC(CCCCCCCCC)CCN(CCCCCCCCC)CC(=O)N1CCN(CCN(CCCCCCCCC)CCCCCCCCC)CC1. The number of nitrogens with zero attached hydrogens (tertiary/aromatic N) is 4. The quantitative estimate of drug-likeness (QED) is 0.0570. The minimum atomic E-state index is 0.401. The molecular weight excluding hydrogens is 745 g/mol. The van der Waals surface area contributed by atoms with Gasteiger partial charge < -0.3 is 9.80 Å². The van der Waals surface area contributed by atoms with E-state index in [-0.39, 0.29) is 0 Å². The number of carbonyl (C=O) groups is 1. The zero-order valence-corrected chi connectivity index (χ0v) is 42.9. The van der Waals surface area contributed by atoms with Crippen LogP contribution in [0.4, 0.5) is 0 Å². The van der Waals surface area contributed by atoms with Gasteiger partial charge in [-0.15, -0.1) is 0 Å². The highest BCUT2D eigenvalue weighted by Crippen LogP contribution is 2.23. The van der Waals surface area contributed by atoms with Gasteiger partial charge >= 0.3 is 0 Å². The van der Waals surface area contributed by atoms with Crippen LogP contribution in [0, 0.1) is 5.92 Å². The number of hydrogen-bond donors (Lipinski definition) is 0. The van der Waals surface area contributed by atoms with Crippen molar-refractivity contribution in [3.05, 3.63) is 0 Å². The summed E-state index contributed by atoms with van der Waals surface area (Å²) < 4.78 is 0. The van der Waals surface area contributed by atoms with Crippen molar-refractivity contribution in [2.75, 3.05) is 72.0 Å². The van der Waals surface area contributed by atoms with Crippen LogP contribution < -0.4 is 0 Å². The molecule has 0 N–H and O–H groups in total. The predicted molar refractivity (Wildman–Crippen MR) is 273 cm³/mol. The Hall–Kier alpha value is -0.650. The number of carbonyl (C=O) groups excluding carboxylic acids is 1. The fourth-order valence-electron chi connectivity index (χ4n) is 9.86. The second-order valence-electron chi connectivity index (χ2n) is 20.2. The average Bonchev–Trinajstić information content (AvgIpc) is 3.27. The van der Waals surface area contributed by atoms with Crippen LogP contribution in [-0.4, -0.2) is 97.5 Å². The first-order chi connectivity index (χ1) is 30.1. The van der Waals surface area contributed by atoms with Gasteiger partial charge in [-0.2, -0.15) is 0 Å². The Kier molecular flexibility index (Phi) is 43.9. The van der Waals surface area contributed by atoms with Gasteiger partial charge in [-0.05, 0) is 57.8 Å². The lowest BCUT2D eigenvalue weighted by molar-refractivity contribution is -0.134. The van der Waals surface area contributed by atoms with Crippen LogP contribution in [0.3, 0.4) is 0 Å². The van der Waals surface area contributed by atoms with Crippen molar-refractivity contribution in [3.63, 3.8) is 0 Å². The lowest BCUT2D eigenvalue weighted by Crippen LogP contribution is -2.52. The summed E-state index contributed by atoms with van der Waals surface area (Å²) in [6.45, 7) is 23.3. The van der Waals surface area contributed by atoms with E-state index in [1.807, 2.05) is 0 Å². The Labute approximate surface area is 385 Å². The molecule has 1 aliphatic rings. The molecule has 61 heavy (non-hydrogen) atoms. The molecule has 0 saturated carbocycles. The molecule has 1 saturated heterocycles. The van der Waals surface area contributed by atoms with Crippen molar-refractivity contribution in [1.29, 1.82) is 0 Å². The third-order valence-corrected chi connectivity index (χ3v) is 14.3. The van der Waals surface area contributed by atoms with Crippen LogP contribution in [0.15, 0.2) is 0 Å². The number of unbranched alkanes of at least 4 members (excludes halogenated alkanes) is 30. The molecule has 0 aliphatic carbocycles. The molecule has 0 unspecified atom stereocenters.